The summed E-state index contributed by atoms with van der Waals surface area (Å²) in [5.41, 5.74) is 0. The molecule has 0 aromatic heterocycles. The molecule has 0 radical (unpaired) electrons. The zero-order chi connectivity index (χ0) is 20.2. The van der Waals surface area contributed by atoms with Gasteiger partial charge in [-0.1, -0.05) is 132 Å². The molecule has 1 heteroatoms. The number of hydrogen-bond acceptors (Lipinski definition) is 1. The molecule has 0 rings (SSSR count). The summed E-state index contributed by atoms with van der Waals surface area (Å²) < 4.78 is 0. The maximum absolute atomic E-state index is 2.31. The maximum Gasteiger partial charge on any atom is -0.00245 e. The van der Waals surface area contributed by atoms with Gasteiger partial charge in [0.25, 0.3) is 0 Å². The average molecular weight is 360 g/mol. The second-order valence-corrected chi connectivity index (χ2v) is 7.02. The zero-order valence-electron chi connectivity index (χ0n) is 20.1. The van der Waals surface area contributed by atoms with Crippen LogP contribution in [0.1, 0.15) is 139 Å². The van der Waals surface area contributed by atoms with Crippen LogP contribution in [0.3, 0.4) is 0 Å². The lowest BCUT2D eigenvalue weighted by atomic mass is 10.2. The predicted octanol–water partition coefficient (Wildman–Crippen LogP) is 9.11. The lowest BCUT2D eigenvalue weighted by Crippen LogP contribution is -2.17. The summed E-state index contributed by atoms with van der Waals surface area (Å²) in [6, 6.07) is 0. The highest BCUT2D eigenvalue weighted by molar-refractivity contribution is 4.41. The second-order valence-electron chi connectivity index (χ2n) is 7.02. The fourth-order valence-corrected chi connectivity index (χ4v) is 2.07. The molecule has 0 atom stereocenters. The van der Waals surface area contributed by atoms with Crippen LogP contribution in [0.5, 0.6) is 0 Å². The molecule has 0 saturated carbocycles. The molecule has 0 aliphatic carbocycles. The van der Waals surface area contributed by atoms with E-state index in [1.807, 2.05) is 0 Å². The summed E-state index contributed by atoms with van der Waals surface area (Å²) in [5, 5.41) is 0. The molecule has 0 saturated heterocycles. The highest BCUT2D eigenvalue weighted by Gasteiger charge is 1.86. The molecule has 0 aliphatic heterocycles. The van der Waals surface area contributed by atoms with E-state index in [9.17, 15) is 0 Å². The van der Waals surface area contributed by atoms with Crippen molar-refractivity contribution < 1.29 is 0 Å². The van der Waals surface area contributed by atoms with Crippen molar-refractivity contribution in [1.29, 1.82) is 0 Å². The Kier molecular flexibility index (Phi) is 51.1. The van der Waals surface area contributed by atoms with Crippen molar-refractivity contribution in [3.63, 3.8) is 0 Å². The molecule has 0 unspecified atom stereocenters. The third-order valence-electron chi connectivity index (χ3n) is 4.02. The van der Waals surface area contributed by atoms with Gasteiger partial charge in [0.05, 0.1) is 0 Å². The number of hydrogen-bond donors (Lipinski definition) is 0. The predicted molar refractivity (Wildman–Crippen MR) is 123 cm³/mol. The summed E-state index contributed by atoms with van der Waals surface area (Å²) in [7, 11) is 2.14. The van der Waals surface area contributed by atoms with Crippen molar-refractivity contribution in [3.05, 3.63) is 0 Å². The third kappa shape index (κ3) is 59.3. The summed E-state index contributed by atoms with van der Waals surface area (Å²) >= 11 is 0. The van der Waals surface area contributed by atoms with Gasteiger partial charge in [-0.05, 0) is 26.6 Å². The fraction of sp³-hybridized carbons (Fsp3) is 1.00. The van der Waals surface area contributed by atoms with Crippen LogP contribution in [0.4, 0.5) is 0 Å². The topological polar surface area (TPSA) is 3.24 Å². The summed E-state index contributed by atoms with van der Waals surface area (Å²) in [4.78, 5) is 2.31. The monoisotopic (exact) mass is 359 g/mol. The molecule has 0 amide bonds. The Morgan fingerprint density at radius 3 is 0.880 bits per heavy atom. The normalized spacial score (nSPS) is 9.36. The largest absolute Gasteiger partial charge is 0.307 e. The minimum atomic E-state index is 1.17. The molecule has 0 aromatic rings. The quantitative estimate of drug-likeness (QED) is 0.314. The van der Waals surface area contributed by atoms with Crippen LogP contribution in [0.25, 0.3) is 0 Å². The standard InChI is InChI=1S/C7H16.C6H15N.C6H14.C5H12/c1-3-5-7-6-4-2;1-4-6-7(3)5-2;1-3-5-6-4-2;1-3-5-4-2/h3-7H2,1-2H3;4-6H2,1-3H3;3-6H2,1-2H3;3-5H2,1-2H3. The zero-order valence-corrected chi connectivity index (χ0v) is 20.1. The smallest absolute Gasteiger partial charge is 0.00245 e. The molecule has 0 aromatic carbocycles. The van der Waals surface area contributed by atoms with Crippen molar-refractivity contribution in [2.75, 3.05) is 20.1 Å². The van der Waals surface area contributed by atoms with Crippen LogP contribution in [-0.4, -0.2) is 25.0 Å². The number of nitrogens with zero attached hydrogens (tertiary/aromatic N) is 1. The van der Waals surface area contributed by atoms with Gasteiger partial charge in [-0.2, -0.15) is 0 Å². The molecular weight excluding hydrogens is 302 g/mol. The lowest BCUT2D eigenvalue weighted by molar-refractivity contribution is 0.353. The number of rotatable bonds is 12. The molecule has 25 heavy (non-hydrogen) atoms. The molecule has 0 aliphatic rings. The van der Waals surface area contributed by atoms with Crippen LogP contribution in [0.2, 0.25) is 0 Å². The Balaban J connectivity index is -0.000000119. The van der Waals surface area contributed by atoms with Gasteiger partial charge in [-0.15, -0.1) is 0 Å². The van der Waals surface area contributed by atoms with Crippen molar-refractivity contribution in [2.45, 2.75) is 139 Å². The molecule has 0 heterocycles. The minimum Gasteiger partial charge on any atom is -0.307 e. The summed E-state index contributed by atoms with van der Waals surface area (Å²) in [6.07, 6.45) is 17.9. The Bertz CT molecular complexity index is 146. The van der Waals surface area contributed by atoms with E-state index in [0.717, 1.165) is 0 Å². The number of unbranched alkanes of at least 4 members (excludes halogenated alkanes) is 9. The van der Waals surface area contributed by atoms with Crippen LogP contribution < -0.4 is 0 Å². The molecule has 1 nitrogen and oxygen atoms in total. The van der Waals surface area contributed by atoms with Crippen molar-refractivity contribution in [1.82, 2.24) is 4.90 Å². The molecule has 0 fully saturated rings. The van der Waals surface area contributed by atoms with E-state index in [-0.39, 0.29) is 0 Å². The minimum absolute atomic E-state index is 1.17. The van der Waals surface area contributed by atoms with Crippen LogP contribution in [0, 0.1) is 0 Å². The van der Waals surface area contributed by atoms with Crippen LogP contribution in [-0.2, 0) is 0 Å². The van der Waals surface area contributed by atoms with Gasteiger partial charge in [0.2, 0.25) is 0 Å². The van der Waals surface area contributed by atoms with Gasteiger partial charge in [0.1, 0.15) is 0 Å². The van der Waals surface area contributed by atoms with Gasteiger partial charge >= 0.3 is 0 Å². The van der Waals surface area contributed by atoms with E-state index in [1.165, 1.54) is 96.6 Å². The summed E-state index contributed by atoms with van der Waals surface area (Å²) in [5.74, 6) is 0. The van der Waals surface area contributed by atoms with Gasteiger partial charge in [-0.3, -0.25) is 0 Å². The van der Waals surface area contributed by atoms with E-state index in [0.29, 0.717) is 0 Å². The van der Waals surface area contributed by atoms with Gasteiger partial charge < -0.3 is 4.90 Å². The Morgan fingerprint density at radius 2 is 0.720 bits per heavy atom. The average Bonchev–Trinajstić information content (AvgIpc) is 2.63. The Hall–Kier alpha value is -0.0400. The lowest BCUT2D eigenvalue weighted by Gasteiger charge is -2.10. The molecule has 0 N–H and O–H groups in total. The van der Waals surface area contributed by atoms with E-state index >= 15 is 0 Å². The maximum atomic E-state index is 2.31. The van der Waals surface area contributed by atoms with Gasteiger partial charge in [0, 0.05) is 0 Å². The van der Waals surface area contributed by atoms with Crippen molar-refractivity contribution in [2.24, 2.45) is 0 Å². The first kappa shape index (κ1) is 32.6. The van der Waals surface area contributed by atoms with E-state index in [1.54, 1.807) is 0 Å². The van der Waals surface area contributed by atoms with Crippen LogP contribution >= 0.6 is 0 Å². The molecule has 0 spiro atoms. The van der Waals surface area contributed by atoms with Crippen molar-refractivity contribution in [3.8, 4) is 0 Å². The molecular formula is C24H57N. The molecule has 158 valence electrons. The fourth-order valence-electron chi connectivity index (χ4n) is 2.07. The van der Waals surface area contributed by atoms with E-state index < -0.39 is 0 Å². The van der Waals surface area contributed by atoms with Gasteiger partial charge in [0.15, 0.2) is 0 Å². The first-order valence-corrected chi connectivity index (χ1v) is 11.7. The second kappa shape index (κ2) is 39.2. The highest BCUT2D eigenvalue weighted by Crippen LogP contribution is 2.00. The van der Waals surface area contributed by atoms with Crippen LogP contribution in [0.15, 0.2) is 0 Å². The Morgan fingerprint density at radius 1 is 0.400 bits per heavy atom. The Labute approximate surface area is 164 Å². The van der Waals surface area contributed by atoms with E-state index in [2.05, 4.69) is 67.3 Å². The molecule has 0 bridgehead atoms. The van der Waals surface area contributed by atoms with E-state index in [4.69, 9.17) is 0 Å². The summed E-state index contributed by atoms with van der Waals surface area (Å²) in [6.45, 7) is 20.2. The highest BCUT2D eigenvalue weighted by atomic mass is 15.1. The SMILES string of the molecule is CCCCC.CCCCCC.CCCCCCC.CCCN(C)CC. The first-order valence-electron chi connectivity index (χ1n) is 11.7. The first-order chi connectivity index (χ1) is 12.1. The third-order valence-corrected chi connectivity index (χ3v) is 4.02. The van der Waals surface area contributed by atoms with Crippen molar-refractivity contribution >= 4 is 0 Å². The van der Waals surface area contributed by atoms with Gasteiger partial charge in [-0.25, -0.2) is 0 Å².